The Kier molecular flexibility index (Phi) is 4.92. The molecule has 0 bridgehead atoms. The van der Waals surface area contributed by atoms with E-state index in [0.717, 1.165) is 0 Å². The maximum absolute atomic E-state index is 12.9. The minimum absolute atomic E-state index is 0.0238. The summed E-state index contributed by atoms with van der Waals surface area (Å²) in [6, 6.07) is 0. The highest BCUT2D eigenvalue weighted by Crippen LogP contribution is 2.34. The second-order valence-electron chi connectivity index (χ2n) is 5.39. The molecule has 1 aromatic rings. The molecular weight excluding hydrogens is 301 g/mol. The van der Waals surface area contributed by atoms with Gasteiger partial charge in [-0.2, -0.15) is 13.2 Å². The van der Waals surface area contributed by atoms with Crippen molar-refractivity contribution in [2.75, 3.05) is 13.7 Å². The van der Waals surface area contributed by atoms with E-state index in [-0.39, 0.29) is 25.9 Å². The summed E-state index contributed by atoms with van der Waals surface area (Å²) in [5.74, 6) is -0.516. The van der Waals surface area contributed by atoms with Gasteiger partial charge in [-0.1, -0.05) is 6.92 Å². The number of hydrogen-bond donors (Lipinski definition) is 0. The highest BCUT2D eigenvalue weighted by molar-refractivity contribution is 5.67. The summed E-state index contributed by atoms with van der Waals surface area (Å²) >= 11 is 0. The Morgan fingerprint density at radius 1 is 1.45 bits per heavy atom. The van der Waals surface area contributed by atoms with Crippen molar-refractivity contribution in [3.63, 3.8) is 0 Å². The first-order valence-corrected chi connectivity index (χ1v) is 7.18. The summed E-state index contributed by atoms with van der Waals surface area (Å²) in [7, 11) is 1.52. The average molecular weight is 320 g/mol. The van der Waals surface area contributed by atoms with E-state index >= 15 is 0 Å². The Morgan fingerprint density at radius 3 is 2.82 bits per heavy atom. The lowest BCUT2D eigenvalue weighted by atomic mass is 9.99. The number of nitrogens with zero attached hydrogens (tertiary/aromatic N) is 4. The van der Waals surface area contributed by atoms with Crippen LogP contribution in [-0.2, 0) is 24.2 Å². The minimum Gasteiger partial charge on any atom is -0.449 e. The third-order valence-corrected chi connectivity index (χ3v) is 3.61. The number of alkyl halides is 3. The number of aryl methyl sites for hydroxylation is 1. The fourth-order valence-electron chi connectivity index (χ4n) is 2.34. The molecule has 0 spiro atoms. The lowest BCUT2D eigenvalue weighted by molar-refractivity contribution is -0.182. The third kappa shape index (κ3) is 3.69. The van der Waals surface area contributed by atoms with Gasteiger partial charge in [-0.25, -0.2) is 4.79 Å². The van der Waals surface area contributed by atoms with E-state index in [9.17, 15) is 18.0 Å². The summed E-state index contributed by atoms with van der Waals surface area (Å²) in [4.78, 5) is 13.0. The number of halogens is 3. The van der Waals surface area contributed by atoms with Gasteiger partial charge in [0.1, 0.15) is 5.82 Å². The second kappa shape index (κ2) is 6.53. The van der Waals surface area contributed by atoms with Gasteiger partial charge in [0.2, 0.25) is 0 Å². The van der Waals surface area contributed by atoms with Gasteiger partial charge in [0.05, 0.1) is 19.1 Å². The largest absolute Gasteiger partial charge is 0.449 e. The van der Waals surface area contributed by atoms with Crippen LogP contribution in [0.25, 0.3) is 0 Å². The van der Waals surface area contributed by atoms with Crippen molar-refractivity contribution in [2.24, 2.45) is 5.92 Å². The summed E-state index contributed by atoms with van der Waals surface area (Å²) in [6.07, 6.45) is -3.79. The standard InChI is InChI=1S/C13H19F3N4O2/c1-3-6-22-12(21)19(2)8-11-18-17-10-5-4-9(7-20(10)11)13(14,15)16/h9H,3-8H2,1-2H3. The lowest BCUT2D eigenvalue weighted by Gasteiger charge is -2.26. The maximum atomic E-state index is 12.9. The van der Waals surface area contributed by atoms with Crippen LogP contribution in [0.2, 0.25) is 0 Å². The third-order valence-electron chi connectivity index (χ3n) is 3.61. The number of hydrogen-bond acceptors (Lipinski definition) is 4. The number of aromatic nitrogens is 3. The zero-order valence-corrected chi connectivity index (χ0v) is 12.6. The van der Waals surface area contributed by atoms with Crippen LogP contribution in [0.15, 0.2) is 0 Å². The van der Waals surface area contributed by atoms with E-state index in [1.54, 1.807) is 0 Å². The van der Waals surface area contributed by atoms with Crippen molar-refractivity contribution in [3.05, 3.63) is 11.6 Å². The predicted molar refractivity (Wildman–Crippen MR) is 71.0 cm³/mol. The van der Waals surface area contributed by atoms with Gasteiger partial charge >= 0.3 is 12.3 Å². The Hall–Kier alpha value is -1.80. The minimum atomic E-state index is -4.23. The van der Waals surface area contributed by atoms with Crippen molar-refractivity contribution < 1.29 is 22.7 Å². The number of carbonyl (C=O) groups excluding carboxylic acids is 1. The van der Waals surface area contributed by atoms with Crippen molar-refractivity contribution >= 4 is 6.09 Å². The highest BCUT2D eigenvalue weighted by Gasteiger charge is 2.42. The Balaban J connectivity index is 2.05. The molecule has 1 aliphatic heterocycles. The van der Waals surface area contributed by atoms with Crippen LogP contribution in [0.4, 0.5) is 18.0 Å². The zero-order chi connectivity index (χ0) is 16.3. The second-order valence-corrected chi connectivity index (χ2v) is 5.39. The van der Waals surface area contributed by atoms with Gasteiger partial charge in [0.25, 0.3) is 0 Å². The van der Waals surface area contributed by atoms with Crippen LogP contribution < -0.4 is 0 Å². The molecule has 1 atom stereocenters. The maximum Gasteiger partial charge on any atom is 0.409 e. The van der Waals surface area contributed by atoms with E-state index in [1.807, 2.05) is 6.92 Å². The van der Waals surface area contributed by atoms with Crippen LogP contribution in [-0.4, -0.2) is 45.6 Å². The van der Waals surface area contributed by atoms with Crippen LogP contribution >= 0.6 is 0 Å². The predicted octanol–water partition coefficient (Wildman–Crippen LogP) is 2.38. The van der Waals surface area contributed by atoms with E-state index in [0.29, 0.717) is 24.7 Å². The van der Waals surface area contributed by atoms with Crippen molar-refractivity contribution in [2.45, 2.75) is 45.5 Å². The average Bonchev–Trinajstić information content (AvgIpc) is 2.86. The van der Waals surface area contributed by atoms with Crippen LogP contribution in [0, 0.1) is 5.92 Å². The number of ether oxygens (including phenoxy) is 1. The van der Waals surface area contributed by atoms with Crippen molar-refractivity contribution in [1.29, 1.82) is 0 Å². The number of fused-ring (bicyclic) bond motifs is 1. The SMILES string of the molecule is CCCOC(=O)N(C)Cc1nnc2n1CC(C(F)(F)F)CC2. The number of carbonyl (C=O) groups is 1. The normalized spacial score (nSPS) is 18.0. The van der Waals surface area contributed by atoms with E-state index in [2.05, 4.69) is 10.2 Å². The molecule has 2 heterocycles. The van der Waals surface area contributed by atoms with Crippen LogP contribution in [0.1, 0.15) is 31.4 Å². The molecule has 0 fully saturated rings. The first-order chi connectivity index (χ1) is 10.3. The van der Waals surface area contributed by atoms with E-state index in [1.165, 1.54) is 16.5 Å². The molecule has 124 valence electrons. The fraction of sp³-hybridized carbons (Fsp3) is 0.769. The molecule has 2 rings (SSSR count). The summed E-state index contributed by atoms with van der Waals surface area (Å²) in [5.41, 5.74) is 0. The summed E-state index contributed by atoms with van der Waals surface area (Å²) < 4.78 is 45.0. The number of amides is 1. The molecular formula is C13H19F3N4O2. The van der Waals surface area contributed by atoms with Crippen molar-refractivity contribution in [3.8, 4) is 0 Å². The lowest BCUT2D eigenvalue weighted by Crippen LogP contribution is -2.34. The van der Waals surface area contributed by atoms with Crippen LogP contribution in [0.5, 0.6) is 0 Å². The van der Waals surface area contributed by atoms with Gasteiger partial charge in [-0.3, -0.25) is 0 Å². The molecule has 22 heavy (non-hydrogen) atoms. The molecule has 0 saturated carbocycles. The molecule has 9 heteroatoms. The molecule has 0 aliphatic carbocycles. The molecule has 0 aromatic carbocycles. The van der Waals surface area contributed by atoms with Gasteiger partial charge in [0, 0.05) is 20.0 Å². The van der Waals surface area contributed by atoms with Gasteiger partial charge in [0.15, 0.2) is 5.82 Å². The van der Waals surface area contributed by atoms with E-state index < -0.39 is 18.2 Å². The molecule has 1 aromatic heterocycles. The first kappa shape index (κ1) is 16.6. The Labute approximate surface area is 126 Å². The van der Waals surface area contributed by atoms with Crippen LogP contribution in [0.3, 0.4) is 0 Å². The van der Waals surface area contributed by atoms with Crippen molar-refractivity contribution in [1.82, 2.24) is 19.7 Å². The fourth-order valence-corrected chi connectivity index (χ4v) is 2.34. The zero-order valence-electron chi connectivity index (χ0n) is 12.6. The molecule has 0 saturated heterocycles. The molecule has 0 N–H and O–H groups in total. The topological polar surface area (TPSA) is 60.2 Å². The summed E-state index contributed by atoms with van der Waals surface area (Å²) in [5, 5.41) is 7.83. The van der Waals surface area contributed by atoms with Gasteiger partial charge in [-0.05, 0) is 12.8 Å². The molecule has 1 aliphatic rings. The Bertz CT molecular complexity index is 530. The quantitative estimate of drug-likeness (QED) is 0.854. The molecule has 6 nitrogen and oxygen atoms in total. The Morgan fingerprint density at radius 2 is 2.18 bits per heavy atom. The summed E-state index contributed by atoms with van der Waals surface area (Å²) in [6.45, 7) is 2.05. The monoisotopic (exact) mass is 320 g/mol. The molecule has 1 amide bonds. The van der Waals surface area contributed by atoms with E-state index in [4.69, 9.17) is 4.74 Å². The first-order valence-electron chi connectivity index (χ1n) is 7.18. The molecule has 1 unspecified atom stereocenters. The van der Waals surface area contributed by atoms with Gasteiger partial charge in [-0.15, -0.1) is 10.2 Å². The molecule has 0 radical (unpaired) electrons. The smallest absolute Gasteiger partial charge is 0.409 e. The van der Waals surface area contributed by atoms with Gasteiger partial charge < -0.3 is 14.2 Å². The number of rotatable bonds is 4. The highest BCUT2D eigenvalue weighted by atomic mass is 19.4.